The minimum absolute atomic E-state index is 0.0135. The van der Waals surface area contributed by atoms with E-state index < -0.39 is 18.5 Å². The summed E-state index contributed by atoms with van der Waals surface area (Å²) in [6, 6.07) is 0. The molecule has 1 saturated heterocycles. The molecular formula is C16H20O5. The fourth-order valence-electron chi connectivity index (χ4n) is 3.35. The van der Waals surface area contributed by atoms with Crippen LogP contribution in [-0.4, -0.2) is 41.8 Å². The lowest BCUT2D eigenvalue weighted by Crippen LogP contribution is -2.47. The van der Waals surface area contributed by atoms with E-state index in [1.165, 1.54) is 13.0 Å². The largest absolute Gasteiger partial charge is 0.456 e. The summed E-state index contributed by atoms with van der Waals surface area (Å²) in [5, 5.41) is 9.75. The van der Waals surface area contributed by atoms with E-state index in [4.69, 9.17) is 14.2 Å². The van der Waals surface area contributed by atoms with E-state index in [1.54, 1.807) is 6.08 Å². The number of hydrogen-bond acceptors (Lipinski definition) is 5. The van der Waals surface area contributed by atoms with Crippen molar-refractivity contribution in [1.29, 1.82) is 0 Å². The summed E-state index contributed by atoms with van der Waals surface area (Å²) < 4.78 is 17.0. The standard InChI is InChI=1S/C16H20O5/c1-9-11-5-3-4-6-12(20-11)15(9)16-13(19-10(2)17)7-8-14(18)21-16/h3-9,11-16,18H,1-2H3/t9-,11-,12+,13+,14?,15-,16-/m1/s1. The van der Waals surface area contributed by atoms with Crippen molar-refractivity contribution in [2.45, 2.75) is 44.6 Å². The highest BCUT2D eigenvalue weighted by Gasteiger charge is 2.49. The highest BCUT2D eigenvalue weighted by atomic mass is 16.6. The van der Waals surface area contributed by atoms with Gasteiger partial charge in [0, 0.05) is 12.8 Å². The first kappa shape index (κ1) is 14.5. The van der Waals surface area contributed by atoms with Crippen molar-refractivity contribution in [1.82, 2.24) is 0 Å². The number of aliphatic hydroxyl groups excluding tert-OH is 1. The molecule has 1 fully saturated rings. The number of hydrogen-bond donors (Lipinski definition) is 1. The molecule has 3 aliphatic rings. The summed E-state index contributed by atoms with van der Waals surface area (Å²) >= 11 is 0. The van der Waals surface area contributed by atoms with E-state index in [2.05, 4.69) is 6.92 Å². The average molecular weight is 292 g/mol. The Balaban J connectivity index is 1.86. The van der Waals surface area contributed by atoms with Crippen molar-refractivity contribution in [3.8, 4) is 0 Å². The van der Waals surface area contributed by atoms with Gasteiger partial charge >= 0.3 is 5.97 Å². The second-order valence-electron chi connectivity index (χ2n) is 5.72. The summed E-state index contributed by atoms with van der Waals surface area (Å²) in [5.74, 6) is -0.144. The molecule has 0 aromatic carbocycles. The molecule has 0 spiro atoms. The molecule has 0 aromatic rings. The predicted molar refractivity (Wildman–Crippen MR) is 75.2 cm³/mol. The van der Waals surface area contributed by atoms with Crippen LogP contribution >= 0.6 is 0 Å². The number of esters is 1. The molecule has 2 bridgehead atoms. The highest BCUT2D eigenvalue weighted by Crippen LogP contribution is 2.41. The van der Waals surface area contributed by atoms with Crippen LogP contribution in [0.4, 0.5) is 0 Å². The van der Waals surface area contributed by atoms with Crippen LogP contribution in [0.25, 0.3) is 0 Å². The minimum atomic E-state index is -0.976. The third kappa shape index (κ3) is 2.81. The van der Waals surface area contributed by atoms with Crippen LogP contribution in [0.3, 0.4) is 0 Å². The summed E-state index contributed by atoms with van der Waals surface area (Å²) in [6.07, 6.45) is 9.16. The van der Waals surface area contributed by atoms with Gasteiger partial charge in [-0.05, 0) is 18.1 Å². The zero-order valence-electron chi connectivity index (χ0n) is 12.1. The molecular weight excluding hydrogens is 272 g/mol. The molecule has 5 heteroatoms. The number of fused-ring (bicyclic) bond motifs is 2. The van der Waals surface area contributed by atoms with Crippen LogP contribution in [0.1, 0.15) is 13.8 Å². The summed E-state index contributed by atoms with van der Waals surface area (Å²) in [4.78, 5) is 11.3. The van der Waals surface area contributed by atoms with E-state index in [9.17, 15) is 9.90 Å². The van der Waals surface area contributed by atoms with Crippen LogP contribution in [0.2, 0.25) is 0 Å². The van der Waals surface area contributed by atoms with Crippen molar-refractivity contribution in [2.24, 2.45) is 11.8 Å². The molecule has 0 aliphatic carbocycles. The second kappa shape index (κ2) is 5.75. The number of allylic oxidation sites excluding steroid dienone is 2. The highest BCUT2D eigenvalue weighted by molar-refractivity contribution is 5.66. The maximum absolute atomic E-state index is 11.3. The fourth-order valence-corrected chi connectivity index (χ4v) is 3.35. The van der Waals surface area contributed by atoms with E-state index in [0.717, 1.165) is 0 Å². The lowest BCUT2D eigenvalue weighted by molar-refractivity contribution is -0.185. The maximum atomic E-state index is 11.3. The Hall–Kier alpha value is -1.43. The minimum Gasteiger partial charge on any atom is -0.456 e. The predicted octanol–water partition coefficient (Wildman–Crippen LogP) is 1.34. The number of carbonyl (C=O) groups is 1. The first-order valence-corrected chi connectivity index (χ1v) is 7.26. The lowest BCUT2D eigenvalue weighted by Gasteiger charge is -2.36. The molecule has 5 nitrogen and oxygen atoms in total. The van der Waals surface area contributed by atoms with Crippen molar-refractivity contribution in [3.63, 3.8) is 0 Å². The Bertz CT molecular complexity index is 495. The van der Waals surface area contributed by atoms with Gasteiger partial charge < -0.3 is 19.3 Å². The Morgan fingerprint density at radius 1 is 1.10 bits per heavy atom. The Morgan fingerprint density at radius 2 is 1.81 bits per heavy atom. The summed E-state index contributed by atoms with van der Waals surface area (Å²) in [6.45, 7) is 3.47. The van der Waals surface area contributed by atoms with Gasteiger partial charge in [-0.2, -0.15) is 0 Å². The van der Waals surface area contributed by atoms with E-state index in [0.29, 0.717) is 0 Å². The van der Waals surface area contributed by atoms with Crippen LogP contribution in [0, 0.1) is 11.8 Å². The van der Waals surface area contributed by atoms with E-state index in [-0.39, 0.29) is 30.0 Å². The van der Waals surface area contributed by atoms with Crippen molar-refractivity contribution < 1.29 is 24.1 Å². The number of rotatable bonds is 2. The van der Waals surface area contributed by atoms with Gasteiger partial charge in [0.25, 0.3) is 0 Å². The third-order valence-electron chi connectivity index (χ3n) is 4.30. The third-order valence-corrected chi connectivity index (χ3v) is 4.30. The van der Waals surface area contributed by atoms with Gasteiger partial charge in [-0.1, -0.05) is 31.2 Å². The van der Waals surface area contributed by atoms with Gasteiger partial charge in [0.2, 0.25) is 0 Å². The number of ether oxygens (including phenoxy) is 3. The topological polar surface area (TPSA) is 65.0 Å². The van der Waals surface area contributed by atoms with Gasteiger partial charge in [0.1, 0.15) is 12.2 Å². The van der Waals surface area contributed by atoms with Crippen molar-refractivity contribution >= 4 is 5.97 Å². The second-order valence-corrected chi connectivity index (χ2v) is 5.72. The van der Waals surface area contributed by atoms with Gasteiger partial charge in [-0.3, -0.25) is 4.79 Å². The molecule has 3 heterocycles. The maximum Gasteiger partial charge on any atom is 0.303 e. The fraction of sp³-hybridized carbons (Fsp3) is 0.562. The SMILES string of the molecule is CC(=O)O[C@H]1C=CC(O)O[C@H]1[C@@H]1[C@H](C)[C@H]2C=CC=C[C@@H]1O2. The Morgan fingerprint density at radius 3 is 2.52 bits per heavy atom. The molecule has 21 heavy (non-hydrogen) atoms. The molecule has 1 unspecified atom stereocenters. The lowest BCUT2D eigenvalue weighted by atomic mass is 9.80. The molecule has 7 atom stereocenters. The molecule has 3 rings (SSSR count). The molecule has 0 amide bonds. The molecule has 0 aromatic heterocycles. The van der Waals surface area contributed by atoms with Crippen LogP contribution < -0.4 is 0 Å². The van der Waals surface area contributed by atoms with E-state index >= 15 is 0 Å². The van der Waals surface area contributed by atoms with Gasteiger partial charge in [0.15, 0.2) is 6.29 Å². The molecule has 114 valence electrons. The van der Waals surface area contributed by atoms with Gasteiger partial charge in [-0.25, -0.2) is 0 Å². The zero-order chi connectivity index (χ0) is 15.0. The smallest absolute Gasteiger partial charge is 0.303 e. The molecule has 0 radical (unpaired) electrons. The summed E-state index contributed by atoms with van der Waals surface area (Å²) in [7, 11) is 0. The van der Waals surface area contributed by atoms with Crippen LogP contribution in [0.5, 0.6) is 0 Å². The average Bonchev–Trinajstić information content (AvgIpc) is 2.61. The first-order chi connectivity index (χ1) is 10.1. The number of carbonyl (C=O) groups excluding carboxylic acids is 1. The molecule has 1 N–H and O–H groups in total. The van der Waals surface area contributed by atoms with Crippen molar-refractivity contribution in [2.75, 3.05) is 0 Å². The van der Waals surface area contributed by atoms with Gasteiger partial charge in [-0.15, -0.1) is 0 Å². The van der Waals surface area contributed by atoms with Crippen LogP contribution in [0.15, 0.2) is 36.5 Å². The van der Waals surface area contributed by atoms with Gasteiger partial charge in [0.05, 0.1) is 12.2 Å². The Kier molecular flexibility index (Phi) is 3.97. The van der Waals surface area contributed by atoms with E-state index in [1.807, 2.05) is 24.3 Å². The first-order valence-electron chi connectivity index (χ1n) is 7.26. The Labute approximate surface area is 123 Å². The summed E-state index contributed by atoms with van der Waals surface area (Å²) in [5.41, 5.74) is 0. The number of aliphatic hydroxyl groups is 1. The normalized spacial score (nSPS) is 44.6. The van der Waals surface area contributed by atoms with Crippen LogP contribution in [-0.2, 0) is 19.0 Å². The zero-order valence-corrected chi connectivity index (χ0v) is 12.1. The van der Waals surface area contributed by atoms with Crippen molar-refractivity contribution in [3.05, 3.63) is 36.5 Å². The molecule has 3 aliphatic heterocycles. The monoisotopic (exact) mass is 292 g/mol. The molecule has 0 saturated carbocycles. The quantitative estimate of drug-likeness (QED) is 0.614.